The third kappa shape index (κ3) is 94.0. The van der Waals surface area contributed by atoms with Gasteiger partial charge < -0.3 is 0 Å². The van der Waals surface area contributed by atoms with E-state index in [1.54, 1.807) is 0 Å². The van der Waals surface area contributed by atoms with E-state index in [-0.39, 0.29) is 0 Å². The Hall–Kier alpha value is 0. The third-order valence-corrected chi connectivity index (χ3v) is 2.84. The van der Waals surface area contributed by atoms with Gasteiger partial charge in [-0.05, 0) is 11.8 Å². The molecule has 0 unspecified atom stereocenters. The number of hydrogen-bond acceptors (Lipinski definition) is 0. The normalized spacial score (nSPS) is 8.84. The van der Waals surface area contributed by atoms with Gasteiger partial charge in [-0.1, -0.05) is 114 Å². The zero-order valence-electron chi connectivity index (χ0n) is 16.1. The van der Waals surface area contributed by atoms with Crippen molar-refractivity contribution in [3.8, 4) is 0 Å². The van der Waals surface area contributed by atoms with E-state index in [0.717, 1.165) is 11.8 Å². The molecule has 0 radical (unpaired) electrons. The average molecular weight is 275 g/mol. The summed E-state index contributed by atoms with van der Waals surface area (Å²) in [7, 11) is 0. The summed E-state index contributed by atoms with van der Waals surface area (Å²) in [6, 6.07) is 0. The Kier molecular flexibility index (Phi) is 44.3. The van der Waals surface area contributed by atoms with E-state index in [9.17, 15) is 0 Å². The van der Waals surface area contributed by atoms with Gasteiger partial charge in [-0.2, -0.15) is 0 Å². The van der Waals surface area contributed by atoms with Gasteiger partial charge in [0.05, 0.1) is 0 Å². The molecule has 0 saturated heterocycles. The van der Waals surface area contributed by atoms with Gasteiger partial charge in [0, 0.05) is 0 Å². The summed E-state index contributed by atoms with van der Waals surface area (Å²) in [6.45, 7) is 22.1. The second kappa shape index (κ2) is 30.8. The second-order valence-electron chi connectivity index (χ2n) is 5.96. The summed E-state index contributed by atoms with van der Waals surface area (Å²) in [4.78, 5) is 0. The van der Waals surface area contributed by atoms with E-state index < -0.39 is 0 Å². The molecule has 0 spiro atoms. The molecule has 0 heteroatoms. The van der Waals surface area contributed by atoms with Crippen LogP contribution in [-0.4, -0.2) is 0 Å². The Morgan fingerprint density at radius 3 is 0.684 bits per heavy atom. The summed E-state index contributed by atoms with van der Waals surface area (Å²) >= 11 is 0. The van der Waals surface area contributed by atoms with Gasteiger partial charge in [0.2, 0.25) is 0 Å². The molecular formula is C19H46. The maximum absolute atomic E-state index is 2.22. The van der Waals surface area contributed by atoms with Crippen LogP contribution < -0.4 is 0 Å². The molecule has 0 bridgehead atoms. The molecule has 0 rings (SSSR count). The monoisotopic (exact) mass is 274 g/mol. The van der Waals surface area contributed by atoms with E-state index in [4.69, 9.17) is 0 Å². The summed E-state index contributed by atoms with van der Waals surface area (Å²) in [5, 5.41) is 0. The van der Waals surface area contributed by atoms with Crippen molar-refractivity contribution in [2.45, 2.75) is 114 Å². The fraction of sp³-hybridized carbons (Fsp3) is 1.00. The van der Waals surface area contributed by atoms with Gasteiger partial charge in [0.25, 0.3) is 0 Å². The largest absolute Gasteiger partial charge is 0.0654 e. The highest BCUT2D eigenvalue weighted by atomic mass is 13.9. The first-order chi connectivity index (χ1) is 8.87. The zero-order valence-corrected chi connectivity index (χ0v) is 16.1. The quantitative estimate of drug-likeness (QED) is 0.475. The molecule has 0 saturated carbocycles. The van der Waals surface area contributed by atoms with Crippen molar-refractivity contribution in [2.24, 2.45) is 11.8 Å². The average Bonchev–Trinajstić information content (AvgIpc) is 2.41. The lowest BCUT2D eigenvalue weighted by atomic mass is 10.2. The van der Waals surface area contributed by atoms with Crippen LogP contribution >= 0.6 is 0 Å². The maximum Gasteiger partial charge on any atom is -0.0474 e. The molecule has 0 N–H and O–H groups in total. The first-order valence-electron chi connectivity index (χ1n) is 8.87. The van der Waals surface area contributed by atoms with Crippen molar-refractivity contribution in [3.05, 3.63) is 0 Å². The number of rotatable bonds is 5. The van der Waals surface area contributed by atoms with Crippen LogP contribution in [0.15, 0.2) is 0 Å². The molecule has 0 aromatic carbocycles. The maximum atomic E-state index is 2.22. The highest BCUT2D eigenvalue weighted by Gasteiger charge is 1.80. The first kappa shape index (κ1) is 27.4. The van der Waals surface area contributed by atoms with Crippen LogP contribution in [0.2, 0.25) is 0 Å². The van der Waals surface area contributed by atoms with Gasteiger partial charge in [-0.25, -0.2) is 0 Å². The highest BCUT2D eigenvalue weighted by molar-refractivity contribution is 4.33. The Morgan fingerprint density at radius 1 is 0.474 bits per heavy atom. The van der Waals surface area contributed by atoms with Crippen LogP contribution in [0.5, 0.6) is 0 Å². The Morgan fingerprint density at radius 2 is 0.684 bits per heavy atom. The number of hydrogen-bond donors (Lipinski definition) is 0. The Balaban J connectivity index is -0.0000000793. The van der Waals surface area contributed by atoms with Crippen molar-refractivity contribution in [1.82, 2.24) is 0 Å². The number of unbranched alkanes of at least 4 members (excludes halogenated alkanes) is 3. The fourth-order valence-corrected chi connectivity index (χ4v) is 0.354. The van der Waals surface area contributed by atoms with Crippen molar-refractivity contribution in [2.75, 3.05) is 0 Å². The van der Waals surface area contributed by atoms with Gasteiger partial charge in [-0.15, -0.1) is 0 Å². The van der Waals surface area contributed by atoms with E-state index in [1.807, 2.05) is 0 Å². The molecule has 0 aromatic rings. The molecule has 19 heavy (non-hydrogen) atoms. The van der Waals surface area contributed by atoms with Gasteiger partial charge in [0.1, 0.15) is 0 Å². The first-order valence-corrected chi connectivity index (χ1v) is 8.87. The van der Waals surface area contributed by atoms with Gasteiger partial charge in [0.15, 0.2) is 0 Å². The smallest absolute Gasteiger partial charge is 0.0474 e. The predicted octanol–water partition coefficient (Wildman–Crippen LogP) is 8.11. The summed E-state index contributed by atoms with van der Waals surface area (Å²) in [5.74, 6) is 1.77. The SMILES string of the molecule is CCC(C)C.CCC(C)C.CCCC.CCCCC. The lowest BCUT2D eigenvalue weighted by molar-refractivity contribution is 0.626. The molecule has 0 aromatic heterocycles. The van der Waals surface area contributed by atoms with Crippen molar-refractivity contribution in [3.63, 3.8) is 0 Å². The summed E-state index contributed by atoms with van der Waals surface area (Å²) in [6.07, 6.45) is 9.33. The molecule has 0 fully saturated rings. The van der Waals surface area contributed by atoms with Crippen LogP contribution in [0.1, 0.15) is 114 Å². The predicted molar refractivity (Wildman–Crippen MR) is 96.0 cm³/mol. The molecule has 0 heterocycles. The lowest BCUT2D eigenvalue weighted by Gasteiger charge is -1.90. The standard InChI is InChI=1S/3C5H12.C4H10/c2*1-4-5(2)3;1-3-5-4-2;1-3-4-2/h2*5H,4H2,1-3H3;3-5H2,1-2H3;3-4H2,1-2H3. The van der Waals surface area contributed by atoms with Crippen LogP contribution in [-0.2, 0) is 0 Å². The molecule has 122 valence electrons. The molecule has 0 atom stereocenters. The minimum atomic E-state index is 0.884. The van der Waals surface area contributed by atoms with Crippen molar-refractivity contribution >= 4 is 0 Å². The van der Waals surface area contributed by atoms with E-state index >= 15 is 0 Å². The molecule has 0 aliphatic rings. The molecule has 0 amide bonds. The highest BCUT2D eigenvalue weighted by Crippen LogP contribution is 1.94. The fourth-order valence-electron chi connectivity index (χ4n) is 0.354. The van der Waals surface area contributed by atoms with E-state index in [2.05, 4.69) is 69.2 Å². The minimum absolute atomic E-state index is 0.884. The van der Waals surface area contributed by atoms with E-state index in [1.165, 1.54) is 44.9 Å². The Labute approximate surface area is 126 Å². The lowest BCUT2D eigenvalue weighted by Crippen LogP contribution is -1.77. The molecule has 0 nitrogen and oxygen atoms in total. The van der Waals surface area contributed by atoms with Crippen LogP contribution in [0.25, 0.3) is 0 Å². The van der Waals surface area contributed by atoms with Gasteiger partial charge in [-0.3, -0.25) is 0 Å². The molecule has 0 aliphatic heterocycles. The van der Waals surface area contributed by atoms with E-state index in [0.29, 0.717) is 0 Å². The summed E-state index contributed by atoms with van der Waals surface area (Å²) < 4.78 is 0. The van der Waals surface area contributed by atoms with Gasteiger partial charge >= 0.3 is 0 Å². The van der Waals surface area contributed by atoms with Crippen LogP contribution in [0.3, 0.4) is 0 Å². The molecular weight excluding hydrogens is 228 g/mol. The topological polar surface area (TPSA) is 0 Å². The van der Waals surface area contributed by atoms with Crippen molar-refractivity contribution in [1.29, 1.82) is 0 Å². The summed E-state index contributed by atoms with van der Waals surface area (Å²) in [5.41, 5.74) is 0. The molecule has 0 aliphatic carbocycles. The third-order valence-electron chi connectivity index (χ3n) is 2.84. The second-order valence-corrected chi connectivity index (χ2v) is 5.96. The zero-order chi connectivity index (χ0) is 16.1. The van der Waals surface area contributed by atoms with Crippen molar-refractivity contribution < 1.29 is 0 Å². The minimum Gasteiger partial charge on any atom is -0.0654 e. The van der Waals surface area contributed by atoms with Crippen LogP contribution in [0, 0.1) is 11.8 Å². The Bertz CT molecular complexity index is 80.2. The van der Waals surface area contributed by atoms with Crippen LogP contribution in [0.4, 0.5) is 0 Å².